The van der Waals surface area contributed by atoms with Gasteiger partial charge < -0.3 is 10.2 Å². The summed E-state index contributed by atoms with van der Waals surface area (Å²) in [6, 6.07) is 9.61. The molecule has 0 aromatic heterocycles. The molecule has 15 heavy (non-hydrogen) atoms. The number of aliphatic hydroxyl groups is 2. The Bertz CT molecular complexity index is 378. The van der Waals surface area contributed by atoms with E-state index in [9.17, 15) is 0 Å². The van der Waals surface area contributed by atoms with Crippen molar-refractivity contribution in [2.24, 2.45) is 0 Å². The predicted octanol–water partition coefficient (Wildman–Crippen LogP) is 1.77. The van der Waals surface area contributed by atoms with Crippen LogP contribution in [0.1, 0.15) is 5.56 Å². The zero-order valence-corrected chi connectivity index (χ0v) is 8.48. The number of allylic oxidation sites excluding steroid dienone is 1. The van der Waals surface area contributed by atoms with Gasteiger partial charge in [0.2, 0.25) is 0 Å². The number of aliphatic hydroxyl groups excluding tert-OH is 2. The Morgan fingerprint density at radius 2 is 1.80 bits per heavy atom. The van der Waals surface area contributed by atoms with E-state index in [0.717, 1.165) is 11.1 Å². The van der Waals surface area contributed by atoms with Crippen molar-refractivity contribution in [2.45, 2.75) is 0 Å². The maximum atomic E-state index is 8.91. The van der Waals surface area contributed by atoms with Crippen molar-refractivity contribution in [2.75, 3.05) is 13.2 Å². The van der Waals surface area contributed by atoms with Crippen molar-refractivity contribution in [3.8, 4) is 0 Å². The zero-order valence-electron chi connectivity index (χ0n) is 8.48. The van der Waals surface area contributed by atoms with Crippen LogP contribution in [0.25, 0.3) is 5.57 Å². The number of benzene rings is 1. The molecule has 0 aliphatic carbocycles. The fraction of sp³-hybridized carbons (Fsp3) is 0.154. The van der Waals surface area contributed by atoms with Crippen LogP contribution in [-0.4, -0.2) is 23.4 Å². The van der Waals surface area contributed by atoms with E-state index in [1.807, 2.05) is 30.3 Å². The molecule has 0 saturated carbocycles. The van der Waals surface area contributed by atoms with E-state index in [4.69, 9.17) is 10.2 Å². The highest BCUT2D eigenvalue weighted by molar-refractivity contribution is 5.73. The first kappa shape index (κ1) is 11.5. The third-order valence-electron chi connectivity index (χ3n) is 1.98. The van der Waals surface area contributed by atoms with Crippen LogP contribution in [0.5, 0.6) is 0 Å². The molecular formula is C13H14O2. The first-order valence-electron chi connectivity index (χ1n) is 4.70. The van der Waals surface area contributed by atoms with E-state index in [1.165, 1.54) is 0 Å². The normalized spacial score (nSPS) is 9.20. The quantitative estimate of drug-likeness (QED) is 0.577. The fourth-order valence-corrected chi connectivity index (χ4v) is 1.18. The molecule has 0 atom stereocenters. The molecule has 0 radical (unpaired) electrons. The van der Waals surface area contributed by atoms with Crippen LogP contribution < -0.4 is 0 Å². The Kier molecular flexibility index (Phi) is 4.58. The SMILES string of the molecule is C=CC(=C=C(CO)CO)c1ccccc1. The van der Waals surface area contributed by atoms with Crippen molar-refractivity contribution < 1.29 is 10.2 Å². The minimum Gasteiger partial charge on any atom is -0.391 e. The molecular weight excluding hydrogens is 188 g/mol. The van der Waals surface area contributed by atoms with Gasteiger partial charge >= 0.3 is 0 Å². The summed E-state index contributed by atoms with van der Waals surface area (Å²) in [5, 5.41) is 17.8. The molecule has 78 valence electrons. The topological polar surface area (TPSA) is 40.5 Å². The Labute approximate surface area is 89.5 Å². The van der Waals surface area contributed by atoms with E-state index in [0.29, 0.717) is 5.57 Å². The number of rotatable bonds is 4. The van der Waals surface area contributed by atoms with Gasteiger partial charge in [-0.2, -0.15) is 0 Å². The molecule has 0 aliphatic heterocycles. The van der Waals surface area contributed by atoms with Crippen molar-refractivity contribution in [3.05, 3.63) is 59.9 Å². The molecule has 0 saturated heterocycles. The summed E-state index contributed by atoms with van der Waals surface area (Å²) in [5.74, 6) is 0. The van der Waals surface area contributed by atoms with Gasteiger partial charge in [-0.25, -0.2) is 0 Å². The zero-order chi connectivity index (χ0) is 11.1. The molecule has 0 bridgehead atoms. The summed E-state index contributed by atoms with van der Waals surface area (Å²) < 4.78 is 0. The summed E-state index contributed by atoms with van der Waals surface area (Å²) in [7, 11) is 0. The van der Waals surface area contributed by atoms with Crippen LogP contribution in [0.3, 0.4) is 0 Å². The van der Waals surface area contributed by atoms with Crippen molar-refractivity contribution >= 4 is 5.57 Å². The van der Waals surface area contributed by atoms with Gasteiger partial charge in [0.15, 0.2) is 0 Å². The molecule has 1 aromatic rings. The smallest absolute Gasteiger partial charge is 0.0739 e. The highest BCUT2D eigenvalue weighted by atomic mass is 16.3. The van der Waals surface area contributed by atoms with Gasteiger partial charge in [-0.15, -0.1) is 5.73 Å². The lowest BCUT2D eigenvalue weighted by Crippen LogP contribution is -1.94. The van der Waals surface area contributed by atoms with Gasteiger partial charge in [0.25, 0.3) is 0 Å². The molecule has 2 heteroatoms. The Hall–Kier alpha value is -1.60. The number of hydrogen-bond donors (Lipinski definition) is 2. The monoisotopic (exact) mass is 202 g/mol. The maximum absolute atomic E-state index is 8.91. The third kappa shape index (κ3) is 3.22. The van der Waals surface area contributed by atoms with Crippen LogP contribution in [0, 0.1) is 0 Å². The molecule has 2 nitrogen and oxygen atoms in total. The van der Waals surface area contributed by atoms with Gasteiger partial charge in [0, 0.05) is 11.1 Å². The Balaban J connectivity index is 3.20. The van der Waals surface area contributed by atoms with Crippen LogP contribution in [0.15, 0.2) is 54.3 Å². The Morgan fingerprint density at radius 1 is 1.20 bits per heavy atom. The van der Waals surface area contributed by atoms with E-state index >= 15 is 0 Å². The van der Waals surface area contributed by atoms with Crippen LogP contribution in [0.2, 0.25) is 0 Å². The summed E-state index contributed by atoms with van der Waals surface area (Å²) in [5.41, 5.74) is 5.12. The minimum absolute atomic E-state index is 0.194. The Morgan fingerprint density at radius 3 is 2.27 bits per heavy atom. The second kappa shape index (κ2) is 5.99. The standard InChI is InChI=1S/C13H14O2/c1-2-12(8-11(9-14)10-15)13-6-4-3-5-7-13/h2-7,14-15H,1,9-10H2. The van der Waals surface area contributed by atoms with Crippen LogP contribution in [0.4, 0.5) is 0 Å². The van der Waals surface area contributed by atoms with E-state index in [-0.39, 0.29) is 13.2 Å². The summed E-state index contributed by atoms with van der Waals surface area (Å²) >= 11 is 0. The van der Waals surface area contributed by atoms with Crippen LogP contribution >= 0.6 is 0 Å². The largest absolute Gasteiger partial charge is 0.391 e. The molecule has 0 amide bonds. The second-order valence-corrected chi connectivity index (χ2v) is 3.03. The number of hydrogen-bond acceptors (Lipinski definition) is 2. The molecule has 1 aromatic carbocycles. The highest BCUT2D eigenvalue weighted by Crippen LogP contribution is 2.13. The third-order valence-corrected chi connectivity index (χ3v) is 1.98. The fourth-order valence-electron chi connectivity index (χ4n) is 1.18. The molecule has 1 rings (SSSR count). The molecule has 0 aliphatic rings. The van der Waals surface area contributed by atoms with Gasteiger partial charge in [0.1, 0.15) is 0 Å². The predicted molar refractivity (Wildman–Crippen MR) is 61.2 cm³/mol. The second-order valence-electron chi connectivity index (χ2n) is 3.03. The molecule has 0 fully saturated rings. The average molecular weight is 202 g/mol. The van der Waals surface area contributed by atoms with Gasteiger partial charge in [0.05, 0.1) is 13.2 Å². The van der Waals surface area contributed by atoms with Gasteiger partial charge in [-0.3, -0.25) is 0 Å². The van der Waals surface area contributed by atoms with E-state index in [2.05, 4.69) is 12.3 Å². The van der Waals surface area contributed by atoms with E-state index in [1.54, 1.807) is 6.08 Å². The van der Waals surface area contributed by atoms with Crippen molar-refractivity contribution in [3.63, 3.8) is 0 Å². The maximum Gasteiger partial charge on any atom is 0.0739 e. The van der Waals surface area contributed by atoms with Crippen molar-refractivity contribution in [1.82, 2.24) is 0 Å². The first-order valence-corrected chi connectivity index (χ1v) is 4.70. The summed E-state index contributed by atoms with van der Waals surface area (Å²) in [6.45, 7) is 3.30. The molecule has 2 N–H and O–H groups in total. The first-order chi connectivity index (χ1) is 7.31. The lowest BCUT2D eigenvalue weighted by Gasteiger charge is -1.99. The van der Waals surface area contributed by atoms with Crippen LogP contribution in [-0.2, 0) is 0 Å². The lowest BCUT2D eigenvalue weighted by molar-refractivity contribution is 0.277. The summed E-state index contributed by atoms with van der Waals surface area (Å²) in [4.78, 5) is 0. The summed E-state index contributed by atoms with van der Waals surface area (Å²) in [6.07, 6.45) is 1.65. The average Bonchev–Trinajstić information content (AvgIpc) is 2.32. The van der Waals surface area contributed by atoms with Gasteiger partial charge in [-0.05, 0) is 5.56 Å². The highest BCUT2D eigenvalue weighted by Gasteiger charge is 1.96. The lowest BCUT2D eigenvalue weighted by atomic mass is 10.1. The van der Waals surface area contributed by atoms with Crippen molar-refractivity contribution in [1.29, 1.82) is 0 Å². The minimum atomic E-state index is -0.194. The molecule has 0 heterocycles. The van der Waals surface area contributed by atoms with E-state index < -0.39 is 0 Å². The van der Waals surface area contributed by atoms with Gasteiger partial charge in [-0.1, -0.05) is 43.0 Å². The molecule has 0 spiro atoms. The molecule has 0 unspecified atom stereocenters.